The van der Waals surface area contributed by atoms with E-state index in [0.717, 1.165) is 24.3 Å². The van der Waals surface area contributed by atoms with E-state index in [1.54, 1.807) is 35.4 Å². The first kappa shape index (κ1) is 19.2. The smallest absolute Gasteiger partial charge is 0.323 e. The Kier molecular flexibility index (Phi) is 5.59. The van der Waals surface area contributed by atoms with E-state index in [1.165, 1.54) is 6.33 Å². The van der Waals surface area contributed by atoms with Crippen molar-refractivity contribution in [1.29, 1.82) is 0 Å². The number of urea groups is 1. The van der Waals surface area contributed by atoms with Crippen LogP contribution in [-0.4, -0.2) is 52.1 Å². The van der Waals surface area contributed by atoms with Crippen molar-refractivity contribution >= 4 is 34.7 Å². The number of benzene rings is 1. The van der Waals surface area contributed by atoms with Crippen LogP contribution in [0.2, 0.25) is 5.02 Å². The van der Waals surface area contributed by atoms with Gasteiger partial charge >= 0.3 is 6.03 Å². The van der Waals surface area contributed by atoms with Gasteiger partial charge in [0.1, 0.15) is 12.0 Å². The lowest BCUT2D eigenvalue weighted by atomic mass is 10.2. The summed E-state index contributed by atoms with van der Waals surface area (Å²) in [6, 6.07) is 4.95. The van der Waals surface area contributed by atoms with Crippen molar-refractivity contribution in [1.82, 2.24) is 19.7 Å². The minimum Gasteiger partial charge on any atom is -0.378 e. The van der Waals surface area contributed by atoms with Gasteiger partial charge in [-0.25, -0.2) is 19.4 Å². The second-order valence-corrected chi connectivity index (χ2v) is 6.95. The van der Waals surface area contributed by atoms with E-state index < -0.39 is 0 Å². The molecule has 2 N–H and O–H groups in total. The van der Waals surface area contributed by atoms with E-state index in [1.807, 2.05) is 13.0 Å². The van der Waals surface area contributed by atoms with Crippen molar-refractivity contribution in [3.63, 3.8) is 0 Å². The molecule has 2 amide bonds. The molecule has 2 aromatic heterocycles. The maximum atomic E-state index is 12.3. The van der Waals surface area contributed by atoms with Crippen LogP contribution < -0.4 is 15.5 Å². The average Bonchev–Trinajstić information content (AvgIpc) is 3.19. The normalized spacial score (nSPS) is 13.9. The molecule has 1 saturated heterocycles. The van der Waals surface area contributed by atoms with E-state index in [-0.39, 0.29) is 6.03 Å². The predicted octanol–water partition coefficient (Wildman–Crippen LogP) is 3.10. The second-order valence-electron chi connectivity index (χ2n) is 6.55. The van der Waals surface area contributed by atoms with Crippen LogP contribution in [0.4, 0.5) is 21.9 Å². The van der Waals surface area contributed by atoms with Crippen LogP contribution in [0.1, 0.15) is 5.56 Å². The number of morpholine rings is 1. The van der Waals surface area contributed by atoms with Gasteiger partial charge in [-0.05, 0) is 24.6 Å². The highest BCUT2D eigenvalue weighted by Crippen LogP contribution is 2.23. The average molecular weight is 414 g/mol. The number of aromatic nitrogens is 4. The van der Waals surface area contributed by atoms with Gasteiger partial charge in [-0.2, -0.15) is 5.10 Å². The summed E-state index contributed by atoms with van der Waals surface area (Å²) in [6.07, 6.45) is 6.50. The zero-order valence-corrected chi connectivity index (χ0v) is 16.6. The van der Waals surface area contributed by atoms with Crippen molar-refractivity contribution in [2.45, 2.75) is 6.92 Å². The van der Waals surface area contributed by atoms with Crippen LogP contribution in [0.5, 0.6) is 0 Å². The first-order valence-electron chi connectivity index (χ1n) is 9.12. The molecule has 0 spiro atoms. The van der Waals surface area contributed by atoms with Gasteiger partial charge in [0, 0.05) is 23.8 Å². The first-order chi connectivity index (χ1) is 14.1. The van der Waals surface area contributed by atoms with E-state index in [2.05, 4.69) is 30.6 Å². The first-order valence-corrected chi connectivity index (χ1v) is 9.50. The number of ether oxygens (including phenoxy) is 1. The summed E-state index contributed by atoms with van der Waals surface area (Å²) in [4.78, 5) is 22.9. The van der Waals surface area contributed by atoms with Gasteiger partial charge in [-0.1, -0.05) is 17.7 Å². The van der Waals surface area contributed by atoms with Gasteiger partial charge in [-0.3, -0.25) is 0 Å². The number of aryl methyl sites for hydroxylation is 1. The van der Waals surface area contributed by atoms with Crippen LogP contribution >= 0.6 is 11.6 Å². The molecule has 0 saturated carbocycles. The highest BCUT2D eigenvalue weighted by molar-refractivity contribution is 6.31. The van der Waals surface area contributed by atoms with Crippen molar-refractivity contribution in [2.24, 2.45) is 0 Å². The van der Waals surface area contributed by atoms with Crippen LogP contribution in [-0.2, 0) is 4.74 Å². The molecule has 0 bridgehead atoms. The Morgan fingerprint density at radius 2 is 1.97 bits per heavy atom. The summed E-state index contributed by atoms with van der Waals surface area (Å²) in [5.74, 6) is 0.640. The Morgan fingerprint density at radius 3 is 2.76 bits per heavy atom. The Morgan fingerprint density at radius 1 is 1.17 bits per heavy atom. The van der Waals surface area contributed by atoms with Crippen molar-refractivity contribution < 1.29 is 9.53 Å². The minimum absolute atomic E-state index is 0.388. The fourth-order valence-corrected chi connectivity index (χ4v) is 3.17. The highest BCUT2D eigenvalue weighted by Gasteiger charge is 2.18. The van der Waals surface area contributed by atoms with E-state index in [4.69, 9.17) is 16.3 Å². The van der Waals surface area contributed by atoms with Crippen LogP contribution in [0.15, 0.2) is 43.1 Å². The van der Waals surface area contributed by atoms with Crippen molar-refractivity contribution in [3.05, 3.63) is 53.7 Å². The molecule has 9 nitrogen and oxygen atoms in total. The molecule has 0 aliphatic carbocycles. The molecule has 0 radical (unpaired) electrons. The number of carbonyl (C=O) groups is 1. The summed E-state index contributed by atoms with van der Waals surface area (Å²) in [5.41, 5.74) is 2.95. The fraction of sp³-hybridized carbons (Fsp3) is 0.263. The van der Waals surface area contributed by atoms with Gasteiger partial charge in [0.25, 0.3) is 0 Å². The van der Waals surface area contributed by atoms with Crippen molar-refractivity contribution in [3.8, 4) is 5.82 Å². The number of hydrogen-bond acceptors (Lipinski definition) is 6. The summed E-state index contributed by atoms with van der Waals surface area (Å²) in [5, 5.41) is 10.4. The summed E-state index contributed by atoms with van der Waals surface area (Å²) < 4.78 is 7.03. The summed E-state index contributed by atoms with van der Waals surface area (Å²) >= 11 is 6.10. The van der Waals surface area contributed by atoms with Gasteiger partial charge in [-0.15, -0.1) is 0 Å². The SMILES string of the molecule is Cc1ccc(NC(=O)Nc2cnn(-c3ncncc3N3CCOCC3)c2)cc1Cl. The van der Waals surface area contributed by atoms with Gasteiger partial charge < -0.3 is 20.3 Å². The Labute approximate surface area is 172 Å². The number of hydrogen-bond donors (Lipinski definition) is 2. The van der Waals surface area contributed by atoms with Crippen LogP contribution in [0, 0.1) is 6.92 Å². The molecule has 3 heterocycles. The van der Waals surface area contributed by atoms with Crippen LogP contribution in [0.25, 0.3) is 5.82 Å². The highest BCUT2D eigenvalue weighted by atomic mass is 35.5. The Balaban J connectivity index is 1.47. The van der Waals surface area contributed by atoms with E-state index in [0.29, 0.717) is 35.4 Å². The minimum atomic E-state index is -0.388. The van der Waals surface area contributed by atoms with E-state index in [9.17, 15) is 4.79 Å². The summed E-state index contributed by atoms with van der Waals surface area (Å²) in [6.45, 7) is 4.73. The molecule has 1 aliphatic rings. The molecule has 4 rings (SSSR count). The zero-order chi connectivity index (χ0) is 20.2. The standard InChI is InChI=1S/C19H20ClN7O2/c1-13-2-3-14(8-16(13)20)24-19(28)25-15-9-23-27(11-15)18-17(10-21-12-22-18)26-4-6-29-7-5-26/h2-3,8-12H,4-7H2,1H3,(H2,24,25,28). The molecule has 3 aromatic rings. The number of carbonyl (C=O) groups excluding carboxylic acids is 1. The lowest BCUT2D eigenvalue weighted by Crippen LogP contribution is -2.37. The molecule has 1 fully saturated rings. The predicted molar refractivity (Wildman–Crippen MR) is 111 cm³/mol. The topological polar surface area (TPSA) is 97.2 Å². The number of nitrogens with zero attached hydrogens (tertiary/aromatic N) is 5. The van der Waals surface area contributed by atoms with Crippen molar-refractivity contribution in [2.75, 3.05) is 41.8 Å². The maximum Gasteiger partial charge on any atom is 0.323 e. The molecule has 1 aromatic carbocycles. The molecular formula is C19H20ClN7O2. The largest absolute Gasteiger partial charge is 0.378 e. The van der Waals surface area contributed by atoms with E-state index >= 15 is 0 Å². The monoisotopic (exact) mass is 413 g/mol. The third kappa shape index (κ3) is 4.47. The molecule has 0 unspecified atom stereocenters. The molecule has 0 atom stereocenters. The molecule has 1 aliphatic heterocycles. The van der Waals surface area contributed by atoms with Crippen LogP contribution in [0.3, 0.4) is 0 Å². The molecule has 150 valence electrons. The maximum absolute atomic E-state index is 12.3. The quantitative estimate of drug-likeness (QED) is 0.682. The third-order valence-electron chi connectivity index (χ3n) is 4.51. The number of rotatable bonds is 4. The zero-order valence-electron chi connectivity index (χ0n) is 15.8. The molecular weight excluding hydrogens is 394 g/mol. The van der Waals surface area contributed by atoms with Gasteiger partial charge in [0.15, 0.2) is 5.82 Å². The van der Waals surface area contributed by atoms with Gasteiger partial charge in [0.2, 0.25) is 0 Å². The number of nitrogens with one attached hydrogen (secondary N) is 2. The fourth-order valence-electron chi connectivity index (χ4n) is 2.99. The number of amides is 2. The lowest BCUT2D eigenvalue weighted by Gasteiger charge is -2.29. The Hall–Kier alpha value is -3.17. The second kappa shape index (κ2) is 8.46. The molecule has 29 heavy (non-hydrogen) atoms. The number of halogens is 1. The lowest BCUT2D eigenvalue weighted by molar-refractivity contribution is 0.122. The Bertz CT molecular complexity index is 1020. The third-order valence-corrected chi connectivity index (χ3v) is 4.92. The summed E-state index contributed by atoms with van der Waals surface area (Å²) in [7, 11) is 0. The number of anilines is 3. The van der Waals surface area contributed by atoms with Gasteiger partial charge in [0.05, 0.1) is 37.5 Å². The molecule has 10 heteroatoms.